The molecule has 0 spiro atoms. The molecule has 0 aliphatic carbocycles. The van der Waals surface area contributed by atoms with Gasteiger partial charge in [0.15, 0.2) is 0 Å². The van der Waals surface area contributed by atoms with E-state index in [9.17, 15) is 9.59 Å². The van der Waals surface area contributed by atoms with Crippen molar-refractivity contribution in [3.05, 3.63) is 59.4 Å². The average molecular weight is 351 g/mol. The Bertz CT molecular complexity index is 831. The van der Waals surface area contributed by atoms with Gasteiger partial charge in [0.2, 0.25) is 0 Å². The van der Waals surface area contributed by atoms with Crippen LogP contribution in [0.2, 0.25) is 0 Å². The Morgan fingerprint density at radius 2 is 2.15 bits per heavy atom. The molecule has 1 N–H and O–H groups in total. The van der Waals surface area contributed by atoms with E-state index in [-0.39, 0.29) is 23.6 Å². The van der Waals surface area contributed by atoms with Crippen molar-refractivity contribution in [2.24, 2.45) is 0 Å². The molecule has 2 aliphatic rings. The number of pyridine rings is 1. The number of para-hydroxylation sites is 1. The van der Waals surface area contributed by atoms with Crippen LogP contribution < -0.4 is 10.2 Å². The molecule has 134 valence electrons. The van der Waals surface area contributed by atoms with Crippen molar-refractivity contribution in [3.63, 3.8) is 0 Å². The summed E-state index contributed by atoms with van der Waals surface area (Å²) in [7, 11) is 0. The molecular weight excluding hydrogens is 330 g/mol. The van der Waals surface area contributed by atoms with E-state index < -0.39 is 0 Å². The van der Waals surface area contributed by atoms with Crippen LogP contribution in [0, 0.1) is 0 Å². The maximum absolute atomic E-state index is 12.9. The summed E-state index contributed by atoms with van der Waals surface area (Å²) in [5.41, 5.74) is 2.84. The smallest absolute Gasteiger partial charge is 0.269 e. The number of hydrogen-bond donors (Lipinski definition) is 1. The second-order valence-corrected chi connectivity index (χ2v) is 6.61. The van der Waals surface area contributed by atoms with Gasteiger partial charge in [-0.25, -0.2) is 0 Å². The third-order valence-electron chi connectivity index (χ3n) is 4.89. The molecule has 2 aromatic rings. The van der Waals surface area contributed by atoms with Crippen LogP contribution in [0.25, 0.3) is 0 Å². The highest BCUT2D eigenvalue weighted by Crippen LogP contribution is 2.28. The second kappa shape index (κ2) is 7.25. The Labute approximate surface area is 152 Å². The largest absolute Gasteiger partial charge is 0.376 e. The molecule has 1 saturated heterocycles. The van der Waals surface area contributed by atoms with Gasteiger partial charge in [-0.3, -0.25) is 14.6 Å². The fraction of sp³-hybridized carbons (Fsp3) is 0.350. The van der Waals surface area contributed by atoms with Crippen molar-refractivity contribution in [2.45, 2.75) is 25.4 Å². The summed E-state index contributed by atoms with van der Waals surface area (Å²) < 4.78 is 5.51. The fourth-order valence-electron chi connectivity index (χ4n) is 3.50. The molecule has 3 heterocycles. The molecule has 6 heteroatoms. The van der Waals surface area contributed by atoms with Gasteiger partial charge in [0, 0.05) is 37.1 Å². The Balaban J connectivity index is 1.47. The fourth-order valence-corrected chi connectivity index (χ4v) is 3.50. The van der Waals surface area contributed by atoms with Crippen LogP contribution in [0.5, 0.6) is 0 Å². The number of nitrogens with one attached hydrogen (secondary N) is 1. The number of aromatic nitrogens is 1. The standard InChI is InChI=1S/C20H21N3O3/c24-19(22-13-16-5-3-11-26-16)17-12-15(7-9-21-17)20(25)23-10-8-14-4-1-2-6-18(14)23/h1-2,4,6-7,9,12,16H,3,5,8,10-11,13H2,(H,22,24). The lowest BCUT2D eigenvalue weighted by molar-refractivity contribution is 0.0853. The summed E-state index contributed by atoms with van der Waals surface area (Å²) in [5.74, 6) is -0.387. The number of carbonyl (C=O) groups is 2. The Kier molecular flexibility index (Phi) is 4.67. The van der Waals surface area contributed by atoms with Crippen molar-refractivity contribution >= 4 is 17.5 Å². The number of rotatable bonds is 4. The first kappa shape index (κ1) is 16.7. The SMILES string of the molecule is O=C(NCC1CCCO1)c1cc(C(=O)N2CCc3ccccc32)ccn1. The number of amides is 2. The lowest BCUT2D eigenvalue weighted by Gasteiger charge is -2.17. The predicted octanol–water partition coefficient (Wildman–Crippen LogP) is 2.19. The predicted molar refractivity (Wildman–Crippen MR) is 97.4 cm³/mol. The third kappa shape index (κ3) is 3.32. The van der Waals surface area contributed by atoms with Gasteiger partial charge in [-0.05, 0) is 43.0 Å². The number of hydrogen-bond acceptors (Lipinski definition) is 4. The number of ether oxygens (including phenoxy) is 1. The van der Waals surface area contributed by atoms with E-state index in [2.05, 4.69) is 10.3 Å². The minimum Gasteiger partial charge on any atom is -0.376 e. The van der Waals surface area contributed by atoms with Crippen molar-refractivity contribution in [1.82, 2.24) is 10.3 Å². The normalized spacial score (nSPS) is 18.6. The van der Waals surface area contributed by atoms with E-state index in [1.165, 1.54) is 11.8 Å². The zero-order chi connectivity index (χ0) is 17.9. The molecule has 0 saturated carbocycles. The molecule has 26 heavy (non-hydrogen) atoms. The highest BCUT2D eigenvalue weighted by Gasteiger charge is 2.26. The van der Waals surface area contributed by atoms with Crippen LogP contribution in [0.1, 0.15) is 39.3 Å². The topological polar surface area (TPSA) is 71.5 Å². The van der Waals surface area contributed by atoms with Crippen molar-refractivity contribution < 1.29 is 14.3 Å². The Hall–Kier alpha value is -2.73. The summed E-state index contributed by atoms with van der Waals surface area (Å²) in [5, 5.41) is 2.84. The maximum Gasteiger partial charge on any atom is 0.269 e. The van der Waals surface area contributed by atoms with Crippen LogP contribution in [0.4, 0.5) is 5.69 Å². The molecule has 4 rings (SSSR count). The minimum absolute atomic E-state index is 0.0740. The van der Waals surface area contributed by atoms with Crippen LogP contribution in [-0.2, 0) is 11.2 Å². The van der Waals surface area contributed by atoms with E-state index >= 15 is 0 Å². The molecule has 6 nitrogen and oxygen atoms in total. The van der Waals surface area contributed by atoms with Gasteiger partial charge in [-0.2, -0.15) is 0 Å². The first-order chi connectivity index (χ1) is 12.7. The lowest BCUT2D eigenvalue weighted by Crippen LogP contribution is -2.33. The maximum atomic E-state index is 12.9. The Morgan fingerprint density at radius 3 is 3.00 bits per heavy atom. The van der Waals surface area contributed by atoms with Crippen LogP contribution >= 0.6 is 0 Å². The van der Waals surface area contributed by atoms with Gasteiger partial charge in [0.25, 0.3) is 11.8 Å². The van der Waals surface area contributed by atoms with Gasteiger partial charge in [-0.15, -0.1) is 0 Å². The molecule has 1 fully saturated rings. The zero-order valence-corrected chi connectivity index (χ0v) is 14.5. The Morgan fingerprint density at radius 1 is 1.27 bits per heavy atom. The van der Waals surface area contributed by atoms with E-state index in [0.717, 1.165) is 31.6 Å². The molecule has 0 bridgehead atoms. The van der Waals surface area contributed by atoms with E-state index in [1.54, 1.807) is 17.0 Å². The number of benzene rings is 1. The van der Waals surface area contributed by atoms with Gasteiger partial charge in [-0.1, -0.05) is 18.2 Å². The van der Waals surface area contributed by atoms with Gasteiger partial charge < -0.3 is 15.0 Å². The summed E-state index contributed by atoms with van der Waals surface area (Å²) >= 11 is 0. The molecule has 0 radical (unpaired) electrons. The lowest BCUT2D eigenvalue weighted by atomic mass is 10.1. The van der Waals surface area contributed by atoms with Crippen molar-refractivity contribution in [1.29, 1.82) is 0 Å². The van der Waals surface area contributed by atoms with Gasteiger partial charge >= 0.3 is 0 Å². The highest BCUT2D eigenvalue weighted by molar-refractivity contribution is 6.08. The number of carbonyl (C=O) groups excluding carboxylic acids is 2. The quantitative estimate of drug-likeness (QED) is 0.917. The van der Waals surface area contributed by atoms with Crippen LogP contribution in [-0.4, -0.2) is 42.6 Å². The first-order valence-corrected chi connectivity index (χ1v) is 8.98. The first-order valence-electron chi connectivity index (χ1n) is 8.98. The van der Waals surface area contributed by atoms with E-state index in [0.29, 0.717) is 18.7 Å². The number of anilines is 1. The molecule has 1 atom stereocenters. The molecule has 1 unspecified atom stereocenters. The van der Waals surface area contributed by atoms with E-state index in [4.69, 9.17) is 4.74 Å². The molecule has 1 aromatic carbocycles. The third-order valence-corrected chi connectivity index (χ3v) is 4.89. The summed E-state index contributed by atoms with van der Waals surface area (Å²) in [6.45, 7) is 1.87. The summed E-state index contributed by atoms with van der Waals surface area (Å²) in [6.07, 6.45) is 4.42. The number of fused-ring (bicyclic) bond motifs is 1. The molecule has 2 aliphatic heterocycles. The van der Waals surface area contributed by atoms with Crippen molar-refractivity contribution in [2.75, 3.05) is 24.6 Å². The summed E-state index contributed by atoms with van der Waals surface area (Å²) in [4.78, 5) is 31.1. The monoisotopic (exact) mass is 351 g/mol. The highest BCUT2D eigenvalue weighted by atomic mass is 16.5. The summed E-state index contributed by atoms with van der Waals surface area (Å²) in [6, 6.07) is 11.1. The molecule has 1 aromatic heterocycles. The zero-order valence-electron chi connectivity index (χ0n) is 14.5. The minimum atomic E-state index is -0.281. The van der Waals surface area contributed by atoms with E-state index in [1.807, 2.05) is 24.3 Å². The molecule has 2 amide bonds. The van der Waals surface area contributed by atoms with Crippen LogP contribution in [0.15, 0.2) is 42.6 Å². The molecular formula is C20H21N3O3. The average Bonchev–Trinajstić information content (AvgIpc) is 3.35. The van der Waals surface area contributed by atoms with Gasteiger partial charge in [0.1, 0.15) is 5.69 Å². The van der Waals surface area contributed by atoms with Crippen LogP contribution in [0.3, 0.4) is 0 Å². The number of nitrogens with zero attached hydrogens (tertiary/aromatic N) is 2. The van der Waals surface area contributed by atoms with Gasteiger partial charge in [0.05, 0.1) is 6.10 Å². The van der Waals surface area contributed by atoms with Crippen molar-refractivity contribution in [3.8, 4) is 0 Å². The second-order valence-electron chi connectivity index (χ2n) is 6.61.